The summed E-state index contributed by atoms with van der Waals surface area (Å²) >= 11 is 0. The SMILES string of the molecule is COC(=O)CCCCCCCC1OC(=O)OC1CC1OC(=O)OC1CCC1OC(=O)OC1C. The van der Waals surface area contributed by atoms with Gasteiger partial charge in [0.05, 0.1) is 7.11 Å². The van der Waals surface area contributed by atoms with Crippen LogP contribution in [0, 0.1) is 0 Å². The van der Waals surface area contributed by atoms with Gasteiger partial charge in [-0.05, 0) is 39.0 Å². The molecule has 0 aromatic heterocycles. The number of methoxy groups -OCH3 is 1. The molecular formula is C22H32O11. The molecule has 0 aromatic carbocycles. The molecule has 3 aliphatic heterocycles. The van der Waals surface area contributed by atoms with Gasteiger partial charge in [0, 0.05) is 12.8 Å². The Morgan fingerprint density at radius 1 is 0.667 bits per heavy atom. The zero-order chi connectivity index (χ0) is 23.8. The van der Waals surface area contributed by atoms with Crippen LogP contribution in [0.15, 0.2) is 0 Å². The molecule has 0 N–H and O–H groups in total. The largest absolute Gasteiger partial charge is 0.509 e. The van der Waals surface area contributed by atoms with Crippen molar-refractivity contribution < 1.29 is 52.3 Å². The predicted octanol–water partition coefficient (Wildman–Crippen LogP) is 3.79. The minimum atomic E-state index is -0.772. The monoisotopic (exact) mass is 472 g/mol. The molecule has 0 bridgehead atoms. The van der Waals surface area contributed by atoms with Gasteiger partial charge in [0.15, 0.2) is 0 Å². The second-order valence-electron chi connectivity index (χ2n) is 8.55. The van der Waals surface area contributed by atoms with Crippen LogP contribution >= 0.6 is 0 Å². The molecule has 0 aromatic rings. The Morgan fingerprint density at radius 2 is 1.15 bits per heavy atom. The molecule has 11 nitrogen and oxygen atoms in total. The summed E-state index contributed by atoms with van der Waals surface area (Å²) < 4.78 is 35.9. The molecule has 3 heterocycles. The Bertz CT molecular complexity index is 708. The van der Waals surface area contributed by atoms with Crippen LogP contribution in [0.3, 0.4) is 0 Å². The number of rotatable bonds is 13. The third kappa shape index (κ3) is 7.40. The zero-order valence-corrected chi connectivity index (χ0v) is 19.0. The summed E-state index contributed by atoms with van der Waals surface area (Å²) in [6.07, 6.45) is 1.56. The fourth-order valence-corrected chi connectivity index (χ4v) is 4.32. The van der Waals surface area contributed by atoms with Crippen LogP contribution in [0.5, 0.6) is 0 Å². The van der Waals surface area contributed by atoms with Crippen molar-refractivity contribution >= 4 is 24.4 Å². The van der Waals surface area contributed by atoms with Gasteiger partial charge >= 0.3 is 24.4 Å². The number of esters is 1. The molecule has 3 aliphatic rings. The fraction of sp³-hybridized carbons (Fsp3) is 0.818. The molecule has 33 heavy (non-hydrogen) atoms. The molecule has 0 radical (unpaired) electrons. The first-order chi connectivity index (χ1) is 15.9. The van der Waals surface area contributed by atoms with Crippen molar-refractivity contribution in [1.82, 2.24) is 0 Å². The first-order valence-electron chi connectivity index (χ1n) is 11.5. The Hall–Kier alpha value is -2.72. The highest BCUT2D eigenvalue weighted by Gasteiger charge is 2.45. The molecule has 3 fully saturated rings. The van der Waals surface area contributed by atoms with E-state index < -0.39 is 49.0 Å². The van der Waals surface area contributed by atoms with Gasteiger partial charge in [-0.3, -0.25) is 4.79 Å². The van der Waals surface area contributed by atoms with Crippen molar-refractivity contribution in [3.8, 4) is 0 Å². The van der Waals surface area contributed by atoms with E-state index in [0.717, 1.165) is 32.1 Å². The number of hydrogen-bond acceptors (Lipinski definition) is 11. The molecule has 6 atom stereocenters. The summed E-state index contributed by atoms with van der Waals surface area (Å²) in [5.41, 5.74) is 0. The van der Waals surface area contributed by atoms with Gasteiger partial charge in [0.25, 0.3) is 0 Å². The Labute approximate surface area is 192 Å². The van der Waals surface area contributed by atoms with Crippen LogP contribution in [0.4, 0.5) is 14.4 Å². The summed E-state index contributed by atoms with van der Waals surface area (Å²) in [5.74, 6) is -0.199. The van der Waals surface area contributed by atoms with Crippen LogP contribution in [0.2, 0.25) is 0 Å². The van der Waals surface area contributed by atoms with Crippen LogP contribution in [0.25, 0.3) is 0 Å². The van der Waals surface area contributed by atoms with E-state index in [1.165, 1.54) is 7.11 Å². The maximum atomic E-state index is 11.7. The summed E-state index contributed by atoms with van der Waals surface area (Å²) in [6.45, 7) is 1.74. The lowest BCUT2D eigenvalue weighted by molar-refractivity contribution is -0.140. The van der Waals surface area contributed by atoms with Gasteiger partial charge in [-0.1, -0.05) is 19.3 Å². The van der Waals surface area contributed by atoms with Crippen molar-refractivity contribution in [2.24, 2.45) is 0 Å². The first-order valence-corrected chi connectivity index (χ1v) is 11.5. The van der Waals surface area contributed by atoms with Crippen LogP contribution < -0.4 is 0 Å². The van der Waals surface area contributed by atoms with E-state index in [4.69, 9.17) is 28.4 Å². The van der Waals surface area contributed by atoms with E-state index in [-0.39, 0.29) is 18.5 Å². The summed E-state index contributed by atoms with van der Waals surface area (Å²) in [5, 5.41) is 0. The summed E-state index contributed by atoms with van der Waals surface area (Å²) in [6, 6.07) is 0. The standard InChI is InChI=1S/C22H32O11/c1-13-14(29-20(24)28-13)10-11-16-18(33-22(26)31-16)12-17-15(30-21(25)32-17)8-6-4-3-5-7-9-19(23)27-2/h13-18H,3-12H2,1-2H3. The number of cyclic esters (lactones) is 6. The van der Waals surface area contributed by atoms with Crippen molar-refractivity contribution in [2.45, 2.75) is 108 Å². The number of carbonyl (C=O) groups is 4. The number of unbranched alkanes of at least 4 members (excludes halogenated alkanes) is 4. The maximum absolute atomic E-state index is 11.7. The highest BCUT2D eigenvalue weighted by atomic mass is 16.8. The molecule has 0 spiro atoms. The third-order valence-electron chi connectivity index (χ3n) is 6.17. The second-order valence-corrected chi connectivity index (χ2v) is 8.55. The lowest BCUT2D eigenvalue weighted by atomic mass is 9.96. The predicted molar refractivity (Wildman–Crippen MR) is 109 cm³/mol. The van der Waals surface area contributed by atoms with E-state index in [1.54, 1.807) is 6.92 Å². The van der Waals surface area contributed by atoms with Gasteiger partial charge in [0.1, 0.15) is 36.6 Å². The molecule has 3 rings (SSSR count). The van der Waals surface area contributed by atoms with Crippen molar-refractivity contribution in [1.29, 1.82) is 0 Å². The van der Waals surface area contributed by atoms with E-state index in [9.17, 15) is 19.2 Å². The van der Waals surface area contributed by atoms with Crippen molar-refractivity contribution in [3.63, 3.8) is 0 Å². The summed E-state index contributed by atoms with van der Waals surface area (Å²) in [7, 11) is 1.38. The lowest BCUT2D eigenvalue weighted by Gasteiger charge is -2.21. The van der Waals surface area contributed by atoms with Gasteiger partial charge in [-0.15, -0.1) is 0 Å². The van der Waals surface area contributed by atoms with E-state index in [1.807, 2.05) is 0 Å². The minimum Gasteiger partial charge on any atom is -0.469 e. The molecule has 11 heteroatoms. The Kier molecular flexibility index (Phi) is 9.02. The molecule has 3 saturated heterocycles. The molecule has 0 amide bonds. The average molecular weight is 472 g/mol. The molecule has 0 aliphatic carbocycles. The quantitative estimate of drug-likeness (QED) is 0.220. The lowest BCUT2D eigenvalue weighted by Crippen LogP contribution is -2.33. The Balaban J connectivity index is 1.40. The zero-order valence-electron chi connectivity index (χ0n) is 19.0. The highest BCUT2D eigenvalue weighted by Crippen LogP contribution is 2.31. The summed E-state index contributed by atoms with van der Waals surface area (Å²) in [4.78, 5) is 45.8. The maximum Gasteiger partial charge on any atom is 0.509 e. The van der Waals surface area contributed by atoms with Gasteiger partial charge in [0.2, 0.25) is 0 Å². The number of carbonyl (C=O) groups excluding carboxylic acids is 4. The number of ether oxygens (including phenoxy) is 7. The highest BCUT2D eigenvalue weighted by molar-refractivity contribution is 5.69. The number of hydrogen-bond donors (Lipinski definition) is 0. The Morgan fingerprint density at radius 3 is 1.76 bits per heavy atom. The molecule has 6 unspecified atom stereocenters. The average Bonchev–Trinajstić information content (AvgIpc) is 3.41. The van der Waals surface area contributed by atoms with Gasteiger partial charge < -0.3 is 33.2 Å². The van der Waals surface area contributed by atoms with Crippen LogP contribution in [0.1, 0.15) is 71.1 Å². The van der Waals surface area contributed by atoms with E-state index in [2.05, 4.69) is 4.74 Å². The molecule has 186 valence electrons. The van der Waals surface area contributed by atoms with E-state index in [0.29, 0.717) is 25.7 Å². The molecule has 0 saturated carbocycles. The van der Waals surface area contributed by atoms with Gasteiger partial charge in [-0.2, -0.15) is 0 Å². The van der Waals surface area contributed by atoms with Crippen molar-refractivity contribution in [2.75, 3.05) is 7.11 Å². The molecular weight excluding hydrogens is 440 g/mol. The first kappa shape index (κ1) is 24.9. The minimum absolute atomic E-state index is 0.199. The smallest absolute Gasteiger partial charge is 0.469 e. The fourth-order valence-electron chi connectivity index (χ4n) is 4.32. The van der Waals surface area contributed by atoms with Crippen LogP contribution in [-0.2, 0) is 38.0 Å². The second kappa shape index (κ2) is 11.9. The van der Waals surface area contributed by atoms with Crippen molar-refractivity contribution in [3.05, 3.63) is 0 Å². The third-order valence-corrected chi connectivity index (χ3v) is 6.17. The van der Waals surface area contributed by atoms with Gasteiger partial charge in [-0.25, -0.2) is 14.4 Å². The topological polar surface area (TPSA) is 133 Å². The van der Waals surface area contributed by atoms with Crippen LogP contribution in [-0.4, -0.2) is 68.2 Å². The normalized spacial score (nSPS) is 30.7. The van der Waals surface area contributed by atoms with E-state index >= 15 is 0 Å².